The first-order valence-corrected chi connectivity index (χ1v) is 14.7. The van der Waals surface area contributed by atoms with Gasteiger partial charge in [0.1, 0.15) is 0 Å². The van der Waals surface area contributed by atoms with Crippen LogP contribution in [0.4, 0.5) is 0 Å². The molecule has 1 aliphatic rings. The van der Waals surface area contributed by atoms with Crippen LogP contribution in [0.15, 0.2) is 72.9 Å². The van der Waals surface area contributed by atoms with Gasteiger partial charge in [-0.25, -0.2) is 9.97 Å². The molecular weight excluding hydrogens is 508 g/mol. The fourth-order valence-corrected chi connectivity index (χ4v) is 6.09. The molecule has 1 fully saturated rings. The molecule has 7 heteroatoms. The van der Waals surface area contributed by atoms with Crippen molar-refractivity contribution in [2.24, 2.45) is 5.92 Å². The monoisotopic (exact) mass is 546 g/mol. The van der Waals surface area contributed by atoms with Gasteiger partial charge in [0.2, 0.25) is 5.91 Å². The second kappa shape index (κ2) is 11.4. The van der Waals surface area contributed by atoms with Crippen molar-refractivity contribution in [2.75, 3.05) is 19.6 Å². The third-order valence-electron chi connectivity index (χ3n) is 8.28. The van der Waals surface area contributed by atoms with E-state index in [9.17, 15) is 4.79 Å². The molecule has 5 aromatic rings. The first-order valence-electron chi connectivity index (χ1n) is 14.7. The van der Waals surface area contributed by atoms with E-state index in [1.165, 1.54) is 5.56 Å². The van der Waals surface area contributed by atoms with Crippen LogP contribution in [-0.2, 0) is 11.3 Å². The fraction of sp³-hybridized carbons (Fsp3) is 0.353. The van der Waals surface area contributed by atoms with Crippen molar-refractivity contribution < 1.29 is 4.79 Å². The third kappa shape index (κ3) is 5.46. The summed E-state index contributed by atoms with van der Waals surface area (Å²) in [5.74, 6) is 0.466. The molecule has 3 aromatic heterocycles. The topological polar surface area (TPSA) is 66.6 Å². The van der Waals surface area contributed by atoms with Gasteiger partial charge in [0.25, 0.3) is 0 Å². The minimum atomic E-state index is 0.145. The van der Waals surface area contributed by atoms with E-state index in [2.05, 4.69) is 90.4 Å². The summed E-state index contributed by atoms with van der Waals surface area (Å²) in [5, 5.41) is 5.61. The molecular formula is C34H38N6O. The van der Waals surface area contributed by atoms with E-state index in [-0.39, 0.29) is 12.0 Å². The van der Waals surface area contributed by atoms with Crippen LogP contribution in [0.5, 0.6) is 0 Å². The molecule has 0 saturated carbocycles. The number of nitrogens with zero attached hydrogens (tertiary/aromatic N) is 6. The lowest BCUT2D eigenvalue weighted by atomic mass is 9.94. The first kappa shape index (κ1) is 27.1. The number of aromatic nitrogens is 4. The fourth-order valence-electron chi connectivity index (χ4n) is 6.09. The van der Waals surface area contributed by atoms with E-state index in [0.29, 0.717) is 5.91 Å². The quantitative estimate of drug-likeness (QED) is 0.237. The molecule has 1 amide bonds. The Morgan fingerprint density at radius 3 is 2.41 bits per heavy atom. The average Bonchev–Trinajstić information content (AvgIpc) is 3.38. The summed E-state index contributed by atoms with van der Waals surface area (Å²) < 4.78 is 1.84. The number of pyridine rings is 1. The van der Waals surface area contributed by atoms with E-state index in [4.69, 9.17) is 4.98 Å². The molecule has 0 spiro atoms. The number of amides is 1. The molecule has 0 bridgehead atoms. The van der Waals surface area contributed by atoms with Gasteiger partial charge in [-0.05, 0) is 70.8 Å². The summed E-state index contributed by atoms with van der Waals surface area (Å²) in [6, 6.07) is 23.6. The highest BCUT2D eigenvalue weighted by atomic mass is 16.2. The maximum absolute atomic E-state index is 13.0. The van der Waals surface area contributed by atoms with E-state index in [1.807, 2.05) is 34.7 Å². The Labute approximate surface area is 241 Å². The van der Waals surface area contributed by atoms with Crippen molar-refractivity contribution in [1.82, 2.24) is 29.4 Å². The number of likely N-dealkylation sites (tertiary alicyclic amines) is 1. The molecule has 0 aliphatic carbocycles. The van der Waals surface area contributed by atoms with Crippen molar-refractivity contribution in [3.63, 3.8) is 0 Å². The van der Waals surface area contributed by atoms with Gasteiger partial charge < -0.3 is 4.90 Å². The van der Waals surface area contributed by atoms with Crippen LogP contribution in [0.2, 0.25) is 0 Å². The summed E-state index contributed by atoms with van der Waals surface area (Å²) in [4.78, 5) is 27.3. The van der Waals surface area contributed by atoms with Crippen LogP contribution in [0.3, 0.4) is 0 Å². The van der Waals surface area contributed by atoms with Crippen LogP contribution >= 0.6 is 0 Å². The van der Waals surface area contributed by atoms with Gasteiger partial charge in [-0.3, -0.25) is 9.69 Å². The number of fused-ring (bicyclic) bond motifs is 3. The summed E-state index contributed by atoms with van der Waals surface area (Å²) in [5.41, 5.74) is 7.99. The molecule has 0 radical (unpaired) electrons. The second-order valence-electron chi connectivity index (χ2n) is 11.4. The Bertz CT molecular complexity index is 1670. The van der Waals surface area contributed by atoms with Crippen molar-refractivity contribution >= 4 is 22.6 Å². The van der Waals surface area contributed by atoms with Gasteiger partial charge in [-0.2, -0.15) is 9.61 Å². The second-order valence-corrected chi connectivity index (χ2v) is 11.4. The molecule has 2 aromatic carbocycles. The van der Waals surface area contributed by atoms with Gasteiger partial charge in [-0.15, -0.1) is 0 Å². The molecule has 4 heterocycles. The molecule has 1 aliphatic heterocycles. The number of piperidine rings is 1. The minimum absolute atomic E-state index is 0.145. The number of hydrogen-bond acceptors (Lipinski definition) is 5. The standard InChI is InChI=1S/C34H38N6O/c1-5-39(23(2)3)34(41)28-15-17-38(18-16-28)22-25-11-13-27(14-12-25)32-30(26-9-7-6-8-10-26)20-29-21-35-31-19-24(4)37-40(31)33(29)36-32/h6-14,19-21,23,28H,5,15-18,22H2,1-4H3. The SMILES string of the molecule is CCN(C(=O)C1CCN(Cc2ccc(-c3nc4c(cnc5cc(C)nn54)cc3-c3ccccc3)cc2)CC1)C(C)C. The first-order chi connectivity index (χ1) is 19.9. The zero-order valence-electron chi connectivity index (χ0n) is 24.4. The molecule has 7 nitrogen and oxygen atoms in total. The van der Waals surface area contributed by atoms with E-state index in [1.54, 1.807) is 0 Å². The van der Waals surface area contributed by atoms with Crippen molar-refractivity contribution in [3.05, 3.63) is 84.2 Å². The molecule has 210 valence electrons. The average molecular weight is 547 g/mol. The smallest absolute Gasteiger partial charge is 0.225 e. The van der Waals surface area contributed by atoms with E-state index in [0.717, 1.165) is 83.8 Å². The highest BCUT2D eigenvalue weighted by Crippen LogP contribution is 2.34. The van der Waals surface area contributed by atoms with E-state index >= 15 is 0 Å². The molecule has 6 rings (SSSR count). The zero-order valence-corrected chi connectivity index (χ0v) is 24.4. The predicted octanol–water partition coefficient (Wildman–Crippen LogP) is 6.39. The van der Waals surface area contributed by atoms with Gasteiger partial charge >= 0.3 is 0 Å². The lowest BCUT2D eigenvalue weighted by molar-refractivity contribution is -0.138. The molecule has 0 N–H and O–H groups in total. The van der Waals surface area contributed by atoms with Gasteiger partial charge in [0.15, 0.2) is 11.3 Å². The van der Waals surface area contributed by atoms with Crippen LogP contribution in [0.25, 0.3) is 39.1 Å². The van der Waals surface area contributed by atoms with Gasteiger partial charge in [0, 0.05) is 53.8 Å². The molecule has 41 heavy (non-hydrogen) atoms. The lowest BCUT2D eigenvalue weighted by Crippen LogP contribution is -2.44. The minimum Gasteiger partial charge on any atom is -0.340 e. The van der Waals surface area contributed by atoms with E-state index < -0.39 is 0 Å². The number of carbonyl (C=O) groups excluding carboxylic acids is 1. The Morgan fingerprint density at radius 1 is 1.00 bits per heavy atom. The summed E-state index contributed by atoms with van der Waals surface area (Å²) >= 11 is 0. The van der Waals surface area contributed by atoms with Crippen LogP contribution in [0.1, 0.15) is 44.9 Å². The largest absolute Gasteiger partial charge is 0.340 e. The van der Waals surface area contributed by atoms with Crippen LogP contribution < -0.4 is 0 Å². The number of rotatable bonds is 7. The highest BCUT2D eigenvalue weighted by molar-refractivity contribution is 5.90. The maximum Gasteiger partial charge on any atom is 0.225 e. The van der Waals surface area contributed by atoms with Crippen LogP contribution in [0, 0.1) is 12.8 Å². The predicted molar refractivity (Wildman–Crippen MR) is 164 cm³/mol. The van der Waals surface area contributed by atoms with Crippen molar-refractivity contribution in [1.29, 1.82) is 0 Å². The van der Waals surface area contributed by atoms with Crippen molar-refractivity contribution in [3.8, 4) is 22.4 Å². The summed E-state index contributed by atoms with van der Waals surface area (Å²) in [6.45, 7) is 11.8. The van der Waals surface area contributed by atoms with Gasteiger partial charge in [-0.1, -0.05) is 54.6 Å². The summed E-state index contributed by atoms with van der Waals surface area (Å²) in [7, 11) is 0. The number of aryl methyl sites for hydroxylation is 1. The molecule has 0 atom stereocenters. The van der Waals surface area contributed by atoms with Gasteiger partial charge in [0.05, 0.1) is 11.4 Å². The number of benzene rings is 2. The molecule has 1 saturated heterocycles. The molecule has 0 unspecified atom stereocenters. The Kier molecular flexibility index (Phi) is 7.54. The number of hydrogen-bond donors (Lipinski definition) is 0. The highest BCUT2D eigenvalue weighted by Gasteiger charge is 2.29. The Morgan fingerprint density at radius 2 is 1.73 bits per heavy atom. The van der Waals surface area contributed by atoms with Crippen LogP contribution in [-0.4, -0.2) is 61.0 Å². The Balaban J connectivity index is 1.25. The number of carbonyl (C=O) groups is 1. The van der Waals surface area contributed by atoms with Crippen molar-refractivity contribution in [2.45, 2.75) is 53.1 Å². The zero-order chi connectivity index (χ0) is 28.5. The Hall–Kier alpha value is -4.10. The lowest BCUT2D eigenvalue weighted by Gasteiger charge is -2.35. The third-order valence-corrected chi connectivity index (χ3v) is 8.28. The normalized spacial score (nSPS) is 14.8. The summed E-state index contributed by atoms with van der Waals surface area (Å²) in [6.07, 6.45) is 3.74. The maximum atomic E-state index is 13.0.